The summed E-state index contributed by atoms with van der Waals surface area (Å²) in [7, 11) is 1.53. The fraction of sp³-hybridized carbons (Fsp3) is 0.167. The van der Waals surface area contributed by atoms with Crippen LogP contribution in [0.1, 0.15) is 21.7 Å². The Morgan fingerprint density at radius 3 is 2.88 bits per heavy atom. The second kappa shape index (κ2) is 6.72. The number of aliphatic hydroxyl groups excluding tert-OH is 1. The fourth-order valence-electron chi connectivity index (χ4n) is 2.44. The lowest BCUT2D eigenvalue weighted by Crippen LogP contribution is -2.22. The van der Waals surface area contributed by atoms with E-state index < -0.39 is 12.4 Å². The third-order valence-electron chi connectivity index (χ3n) is 3.69. The molecule has 1 heterocycles. The Morgan fingerprint density at radius 2 is 2.12 bits per heavy atom. The van der Waals surface area contributed by atoms with E-state index in [2.05, 4.69) is 5.32 Å². The van der Waals surface area contributed by atoms with Gasteiger partial charge >= 0.3 is 0 Å². The molecule has 5 nitrogen and oxygen atoms in total. The molecule has 6 heteroatoms. The van der Waals surface area contributed by atoms with Gasteiger partial charge in [-0.15, -0.1) is 0 Å². The van der Waals surface area contributed by atoms with Crippen LogP contribution < -0.4 is 10.1 Å². The van der Waals surface area contributed by atoms with Gasteiger partial charge in [-0.3, -0.25) is 4.79 Å². The van der Waals surface area contributed by atoms with Crippen LogP contribution in [0.15, 0.2) is 46.9 Å². The first-order valence-corrected chi connectivity index (χ1v) is 7.35. The molecule has 0 radical (unpaired) electrons. The Labute approximate surface area is 137 Å². The number of aliphatic hydroxyl groups is 1. The maximum Gasteiger partial charge on any atom is 0.287 e. The first-order valence-electron chi connectivity index (χ1n) is 7.35. The number of nitrogens with one attached hydrogen (secondary N) is 1. The quantitative estimate of drug-likeness (QED) is 0.755. The first-order chi connectivity index (χ1) is 11.6. The lowest BCUT2D eigenvalue weighted by molar-refractivity contribution is 0.0925. The molecule has 3 aromatic rings. The van der Waals surface area contributed by atoms with Crippen LogP contribution in [0.25, 0.3) is 11.0 Å². The third-order valence-corrected chi connectivity index (χ3v) is 3.69. The van der Waals surface area contributed by atoms with Crippen LogP contribution in [-0.2, 0) is 13.2 Å². The number of benzene rings is 2. The maximum absolute atomic E-state index is 13.3. The number of furan rings is 1. The normalized spacial score (nSPS) is 10.8. The van der Waals surface area contributed by atoms with E-state index in [9.17, 15) is 9.18 Å². The predicted molar refractivity (Wildman–Crippen MR) is 86.3 cm³/mol. The van der Waals surface area contributed by atoms with Crippen LogP contribution >= 0.6 is 0 Å². The van der Waals surface area contributed by atoms with Gasteiger partial charge in [0.2, 0.25) is 0 Å². The van der Waals surface area contributed by atoms with Crippen molar-refractivity contribution in [1.82, 2.24) is 5.32 Å². The van der Waals surface area contributed by atoms with Gasteiger partial charge in [0.25, 0.3) is 5.91 Å². The highest BCUT2D eigenvalue weighted by Crippen LogP contribution is 2.28. The number of carbonyl (C=O) groups excluding carboxylic acids is 1. The average molecular weight is 329 g/mol. The number of ether oxygens (including phenoxy) is 1. The summed E-state index contributed by atoms with van der Waals surface area (Å²) in [5, 5.41) is 12.5. The minimum atomic E-state index is -0.475. The average Bonchev–Trinajstić information content (AvgIpc) is 3.05. The molecule has 0 fully saturated rings. The van der Waals surface area contributed by atoms with E-state index in [0.717, 1.165) is 5.39 Å². The van der Waals surface area contributed by atoms with E-state index in [1.165, 1.54) is 19.2 Å². The van der Waals surface area contributed by atoms with Crippen molar-refractivity contribution < 1.29 is 23.4 Å². The summed E-state index contributed by atoms with van der Waals surface area (Å²) < 4.78 is 24.1. The molecule has 0 saturated heterocycles. The Kier molecular flexibility index (Phi) is 4.48. The highest BCUT2D eigenvalue weighted by atomic mass is 19.1. The van der Waals surface area contributed by atoms with Gasteiger partial charge in [-0.25, -0.2) is 4.39 Å². The summed E-state index contributed by atoms with van der Waals surface area (Å²) in [6.07, 6.45) is 0. The van der Waals surface area contributed by atoms with Crippen LogP contribution in [0.2, 0.25) is 0 Å². The van der Waals surface area contributed by atoms with Crippen molar-refractivity contribution in [1.29, 1.82) is 0 Å². The number of fused-ring (bicyclic) bond motifs is 1. The minimum absolute atomic E-state index is 0.166. The van der Waals surface area contributed by atoms with Crippen molar-refractivity contribution in [2.75, 3.05) is 7.11 Å². The highest BCUT2D eigenvalue weighted by molar-refractivity contribution is 5.97. The van der Waals surface area contributed by atoms with Crippen LogP contribution in [0.4, 0.5) is 4.39 Å². The fourth-order valence-corrected chi connectivity index (χ4v) is 2.44. The van der Waals surface area contributed by atoms with E-state index in [1.807, 2.05) is 12.1 Å². The molecule has 24 heavy (non-hydrogen) atoms. The Balaban J connectivity index is 1.75. The zero-order chi connectivity index (χ0) is 17.1. The summed E-state index contributed by atoms with van der Waals surface area (Å²) in [5.74, 6) is -0.142. The molecule has 3 rings (SSSR count). The molecule has 0 aliphatic rings. The van der Waals surface area contributed by atoms with Crippen molar-refractivity contribution in [3.8, 4) is 5.75 Å². The van der Waals surface area contributed by atoms with Crippen molar-refractivity contribution in [2.45, 2.75) is 13.2 Å². The maximum atomic E-state index is 13.3. The van der Waals surface area contributed by atoms with Gasteiger partial charge in [0, 0.05) is 17.5 Å². The van der Waals surface area contributed by atoms with E-state index in [1.54, 1.807) is 18.2 Å². The molecule has 0 atom stereocenters. The number of hydrogen-bond acceptors (Lipinski definition) is 4. The zero-order valence-electron chi connectivity index (χ0n) is 13.0. The van der Waals surface area contributed by atoms with Crippen LogP contribution in [0, 0.1) is 5.82 Å². The second-order valence-corrected chi connectivity index (χ2v) is 5.26. The molecule has 0 aliphatic heterocycles. The molecule has 0 spiro atoms. The topological polar surface area (TPSA) is 71.7 Å². The lowest BCUT2D eigenvalue weighted by Gasteiger charge is -2.06. The first kappa shape index (κ1) is 16.0. The summed E-state index contributed by atoms with van der Waals surface area (Å²) in [4.78, 5) is 12.2. The summed E-state index contributed by atoms with van der Waals surface area (Å²) in [6.45, 7) is -0.197. The molecule has 2 aromatic carbocycles. The summed E-state index contributed by atoms with van der Waals surface area (Å²) in [5.41, 5.74) is 1.38. The molecule has 0 unspecified atom stereocenters. The number of halogens is 1. The lowest BCUT2D eigenvalue weighted by atomic mass is 10.1. The SMILES string of the molecule is COc1cccc2cc(C(=O)NCc3ccc(F)c(CO)c3)oc12. The van der Waals surface area contributed by atoms with Gasteiger partial charge in [0.05, 0.1) is 13.7 Å². The van der Waals surface area contributed by atoms with E-state index in [-0.39, 0.29) is 23.8 Å². The molecular formula is C18H16FNO4. The largest absolute Gasteiger partial charge is 0.493 e. The van der Waals surface area contributed by atoms with E-state index in [4.69, 9.17) is 14.3 Å². The zero-order valence-corrected chi connectivity index (χ0v) is 13.0. The second-order valence-electron chi connectivity index (χ2n) is 5.26. The summed E-state index contributed by atoms with van der Waals surface area (Å²) >= 11 is 0. The molecule has 0 aliphatic carbocycles. The van der Waals surface area contributed by atoms with Gasteiger partial charge < -0.3 is 19.6 Å². The van der Waals surface area contributed by atoms with Gasteiger partial charge in [0.15, 0.2) is 17.1 Å². The Bertz CT molecular complexity index is 888. The number of para-hydroxylation sites is 1. The van der Waals surface area contributed by atoms with Gasteiger partial charge in [-0.2, -0.15) is 0 Å². The highest BCUT2D eigenvalue weighted by Gasteiger charge is 2.14. The van der Waals surface area contributed by atoms with Gasteiger partial charge in [0.1, 0.15) is 5.82 Å². The van der Waals surface area contributed by atoms with E-state index in [0.29, 0.717) is 16.9 Å². The number of carbonyl (C=O) groups is 1. The van der Waals surface area contributed by atoms with Crippen molar-refractivity contribution in [3.63, 3.8) is 0 Å². The van der Waals surface area contributed by atoms with Crippen LogP contribution in [-0.4, -0.2) is 18.1 Å². The summed E-state index contributed by atoms with van der Waals surface area (Å²) in [6, 6.07) is 11.4. The minimum Gasteiger partial charge on any atom is -0.493 e. The van der Waals surface area contributed by atoms with Crippen LogP contribution in [0.3, 0.4) is 0 Å². The van der Waals surface area contributed by atoms with Gasteiger partial charge in [-0.1, -0.05) is 18.2 Å². The van der Waals surface area contributed by atoms with Gasteiger partial charge in [-0.05, 0) is 29.8 Å². The number of hydrogen-bond donors (Lipinski definition) is 2. The number of methoxy groups -OCH3 is 1. The Hall–Kier alpha value is -2.86. The monoisotopic (exact) mass is 329 g/mol. The van der Waals surface area contributed by atoms with Crippen molar-refractivity contribution in [3.05, 3.63) is 65.2 Å². The van der Waals surface area contributed by atoms with Crippen molar-refractivity contribution >= 4 is 16.9 Å². The van der Waals surface area contributed by atoms with E-state index >= 15 is 0 Å². The predicted octanol–water partition coefficient (Wildman–Crippen LogP) is 3.00. The standard InChI is InChI=1S/C18H16FNO4/c1-23-15-4-2-3-12-8-16(24-17(12)15)18(22)20-9-11-5-6-14(19)13(7-11)10-21/h2-8,21H,9-10H2,1H3,(H,20,22). The van der Waals surface area contributed by atoms with Crippen molar-refractivity contribution in [2.24, 2.45) is 0 Å². The molecule has 1 aromatic heterocycles. The molecule has 2 N–H and O–H groups in total. The van der Waals surface area contributed by atoms with Crippen LogP contribution in [0.5, 0.6) is 5.75 Å². The third kappa shape index (κ3) is 3.09. The molecule has 1 amide bonds. The molecule has 0 saturated carbocycles. The molecule has 0 bridgehead atoms. The molecular weight excluding hydrogens is 313 g/mol. The molecule has 124 valence electrons. The smallest absolute Gasteiger partial charge is 0.287 e. The number of amides is 1. The Morgan fingerprint density at radius 1 is 1.29 bits per heavy atom. The number of rotatable bonds is 5.